The van der Waals surface area contributed by atoms with E-state index in [1.54, 1.807) is 0 Å². The summed E-state index contributed by atoms with van der Waals surface area (Å²) in [6, 6.07) is 34.8. The van der Waals surface area contributed by atoms with Gasteiger partial charge in [-0.15, -0.1) is 0 Å². The molecule has 0 saturated carbocycles. The number of fused-ring (bicyclic) bond motifs is 3. The molecule has 0 N–H and O–H groups in total. The quantitative estimate of drug-likeness (QED) is 0.183. The fraction of sp³-hybridized carbons (Fsp3) is 0. The van der Waals surface area contributed by atoms with Gasteiger partial charge in [0.05, 0.1) is 9.73 Å². The highest BCUT2D eigenvalue weighted by atomic mass is 32.1. The molecule has 6 aromatic rings. The molecule has 36 heavy (non-hydrogen) atoms. The topological polar surface area (TPSA) is 31.0 Å². The lowest BCUT2D eigenvalue weighted by atomic mass is 10.0. The molecular weight excluding hydrogens is 480 g/mol. The number of hydrogen-bond donors (Lipinski definition) is 0. The Morgan fingerprint density at radius 3 is 1.92 bits per heavy atom. The Hall–Kier alpha value is -4.19. The summed E-state index contributed by atoms with van der Waals surface area (Å²) in [6.07, 6.45) is 2.00. The second-order valence-electron chi connectivity index (χ2n) is 8.77. The van der Waals surface area contributed by atoms with Crippen molar-refractivity contribution < 1.29 is 4.42 Å². The summed E-state index contributed by atoms with van der Waals surface area (Å²) in [5.41, 5.74) is 6.33. The summed E-state index contributed by atoms with van der Waals surface area (Å²) in [5.74, 6) is 1.51. The van der Waals surface area contributed by atoms with Gasteiger partial charge in [-0.3, -0.25) is 4.57 Å². The number of furan rings is 1. The van der Waals surface area contributed by atoms with Crippen molar-refractivity contribution in [2.24, 2.45) is 0 Å². The average Bonchev–Trinajstić information content (AvgIpc) is 3.55. The van der Waals surface area contributed by atoms with Crippen molar-refractivity contribution in [1.29, 1.82) is 0 Å². The molecule has 0 amide bonds. The Morgan fingerprint density at radius 2 is 1.28 bits per heavy atom. The number of aromatic nitrogens is 2. The highest BCUT2D eigenvalue weighted by Gasteiger charge is 2.28. The van der Waals surface area contributed by atoms with E-state index < -0.39 is 0 Å². The molecule has 0 atom stereocenters. The maximum Gasteiger partial charge on any atom is 0.246 e. The lowest BCUT2D eigenvalue weighted by Gasteiger charge is -2.07. The maximum absolute atomic E-state index is 6.20. The van der Waals surface area contributed by atoms with E-state index in [2.05, 4.69) is 41.0 Å². The number of benzene rings is 4. The molecule has 2 aromatic heterocycles. The van der Waals surface area contributed by atoms with E-state index in [4.69, 9.17) is 33.8 Å². The van der Waals surface area contributed by atoms with Crippen LogP contribution in [-0.2, 0) is 0 Å². The van der Waals surface area contributed by atoms with Crippen LogP contribution in [0.3, 0.4) is 0 Å². The Balaban J connectivity index is 1.40. The lowest BCUT2D eigenvalue weighted by molar-refractivity contribution is 0.619. The number of allylic oxidation sites excluding steroid dienone is 1. The van der Waals surface area contributed by atoms with Gasteiger partial charge in [0, 0.05) is 34.0 Å². The number of thiocarbonyl (C=S) groups is 2. The molecule has 0 aliphatic heterocycles. The van der Waals surface area contributed by atoms with Crippen LogP contribution in [0.1, 0.15) is 17.0 Å². The molecule has 7 rings (SSSR count). The van der Waals surface area contributed by atoms with Crippen LogP contribution in [0.2, 0.25) is 0 Å². The van der Waals surface area contributed by atoms with Gasteiger partial charge in [-0.25, -0.2) is 0 Å². The van der Waals surface area contributed by atoms with E-state index in [9.17, 15) is 0 Å². The monoisotopic (exact) mass is 498 g/mol. The molecule has 0 fully saturated rings. The zero-order chi connectivity index (χ0) is 24.2. The molecule has 4 aromatic carbocycles. The van der Waals surface area contributed by atoms with Gasteiger partial charge in [0.2, 0.25) is 5.71 Å². The molecule has 1 aliphatic carbocycles. The van der Waals surface area contributed by atoms with E-state index >= 15 is 0 Å². The summed E-state index contributed by atoms with van der Waals surface area (Å²) in [5, 5.41) is 2.30. The van der Waals surface area contributed by atoms with Crippen molar-refractivity contribution in [3.05, 3.63) is 126 Å². The Morgan fingerprint density at radius 1 is 0.694 bits per heavy atom. The Bertz CT molecular complexity index is 1800. The molecule has 2 heterocycles. The average molecular weight is 499 g/mol. The normalized spacial score (nSPS) is 13.1. The second kappa shape index (κ2) is 8.19. The molecular formula is C31H18N2OS2. The highest BCUT2D eigenvalue weighted by Crippen LogP contribution is 2.35. The molecule has 5 heteroatoms. The number of nitrogens with zero attached hydrogens (tertiary/aromatic N) is 2. The number of hydrogen-bond acceptors (Lipinski definition) is 4. The second-order valence-corrected chi connectivity index (χ2v) is 9.59. The smallest absolute Gasteiger partial charge is 0.246 e. The van der Waals surface area contributed by atoms with Crippen molar-refractivity contribution in [2.75, 3.05) is 0 Å². The third-order valence-corrected chi connectivity index (χ3v) is 7.47. The third-order valence-electron chi connectivity index (χ3n) is 6.59. The minimum atomic E-state index is 0.572. The first-order valence-corrected chi connectivity index (χ1v) is 12.5. The summed E-state index contributed by atoms with van der Waals surface area (Å²) in [6.45, 7) is 0. The van der Waals surface area contributed by atoms with Crippen LogP contribution in [0.25, 0.3) is 45.1 Å². The SMILES string of the molecule is S=C1C(=Cc2nc3oc(-c4ccccc4)cc3n2-c2ccccc2)C(=S)c2cc3ccccc3cc21. The first-order valence-electron chi connectivity index (χ1n) is 11.6. The van der Waals surface area contributed by atoms with Crippen LogP contribution >= 0.6 is 24.4 Å². The van der Waals surface area contributed by atoms with E-state index in [0.29, 0.717) is 5.71 Å². The largest absolute Gasteiger partial charge is 0.436 e. The molecule has 0 bridgehead atoms. The molecule has 0 spiro atoms. The highest BCUT2D eigenvalue weighted by molar-refractivity contribution is 7.84. The van der Waals surface area contributed by atoms with Crippen LogP contribution in [0.15, 0.2) is 113 Å². The van der Waals surface area contributed by atoms with Crippen LogP contribution in [0.4, 0.5) is 0 Å². The number of para-hydroxylation sites is 1. The predicted molar refractivity (Wildman–Crippen MR) is 154 cm³/mol. The van der Waals surface area contributed by atoms with Crippen LogP contribution in [0.5, 0.6) is 0 Å². The maximum atomic E-state index is 6.20. The zero-order valence-corrected chi connectivity index (χ0v) is 20.6. The van der Waals surface area contributed by atoms with Gasteiger partial charge in [0.1, 0.15) is 17.1 Å². The number of imidazole rings is 1. The van der Waals surface area contributed by atoms with E-state index in [0.717, 1.165) is 65.6 Å². The molecule has 0 unspecified atom stereocenters. The minimum absolute atomic E-state index is 0.572. The Kier molecular flexibility index (Phi) is 4.81. The van der Waals surface area contributed by atoms with Crippen molar-refractivity contribution in [1.82, 2.24) is 9.55 Å². The summed E-state index contributed by atoms with van der Waals surface area (Å²) in [4.78, 5) is 6.40. The standard InChI is InChI=1S/C31H18N2OS2/c35-29-23-15-20-11-7-8-12-21(20)16-24(23)30(36)25(29)17-28-32-31-26(33(28)22-13-5-2-6-14-22)18-27(34-31)19-9-3-1-4-10-19/h1-18H. The van der Waals surface area contributed by atoms with Crippen molar-refractivity contribution >= 4 is 62.2 Å². The summed E-state index contributed by atoms with van der Waals surface area (Å²) < 4.78 is 8.30. The predicted octanol–water partition coefficient (Wildman–Crippen LogP) is 7.97. The van der Waals surface area contributed by atoms with Crippen molar-refractivity contribution in [3.63, 3.8) is 0 Å². The van der Waals surface area contributed by atoms with E-state index in [1.165, 1.54) is 0 Å². The molecule has 0 saturated heterocycles. The minimum Gasteiger partial charge on any atom is -0.436 e. The first-order chi connectivity index (χ1) is 17.7. The fourth-order valence-corrected chi connectivity index (χ4v) is 5.57. The van der Waals surface area contributed by atoms with Gasteiger partial charge in [-0.05, 0) is 41.1 Å². The van der Waals surface area contributed by atoms with E-state index in [1.807, 2.05) is 72.8 Å². The Labute approximate surface area is 218 Å². The van der Waals surface area contributed by atoms with Gasteiger partial charge >= 0.3 is 0 Å². The summed E-state index contributed by atoms with van der Waals surface area (Å²) in [7, 11) is 0. The van der Waals surface area contributed by atoms with Crippen molar-refractivity contribution in [3.8, 4) is 17.0 Å². The van der Waals surface area contributed by atoms with Gasteiger partial charge in [-0.1, -0.05) is 97.2 Å². The zero-order valence-electron chi connectivity index (χ0n) is 19.0. The molecule has 0 radical (unpaired) electrons. The lowest BCUT2D eigenvalue weighted by Crippen LogP contribution is -2.02. The van der Waals surface area contributed by atoms with Gasteiger partial charge in [-0.2, -0.15) is 4.98 Å². The van der Waals surface area contributed by atoms with Crippen molar-refractivity contribution in [2.45, 2.75) is 0 Å². The van der Waals surface area contributed by atoms with Gasteiger partial charge in [0.15, 0.2) is 0 Å². The van der Waals surface area contributed by atoms with Crippen LogP contribution < -0.4 is 0 Å². The summed E-state index contributed by atoms with van der Waals surface area (Å²) >= 11 is 11.8. The van der Waals surface area contributed by atoms with E-state index in [-0.39, 0.29) is 0 Å². The first kappa shape index (κ1) is 21.1. The molecule has 1 aliphatic rings. The fourth-order valence-electron chi connectivity index (χ4n) is 4.85. The van der Waals surface area contributed by atoms with Crippen LogP contribution in [0, 0.1) is 0 Å². The molecule has 170 valence electrons. The van der Waals surface area contributed by atoms with Gasteiger partial charge in [0.25, 0.3) is 0 Å². The van der Waals surface area contributed by atoms with Gasteiger partial charge < -0.3 is 4.42 Å². The third kappa shape index (κ3) is 3.28. The number of rotatable bonds is 3. The molecule has 3 nitrogen and oxygen atoms in total. The van der Waals surface area contributed by atoms with Crippen LogP contribution in [-0.4, -0.2) is 19.3 Å².